The molecule has 3 aliphatic heterocycles. The van der Waals surface area contributed by atoms with Crippen molar-refractivity contribution in [1.29, 1.82) is 0 Å². The van der Waals surface area contributed by atoms with Crippen molar-refractivity contribution in [2.75, 3.05) is 26.7 Å². The number of nitrogens with zero attached hydrogens (tertiary/aromatic N) is 4. The Labute approximate surface area is 235 Å². The molecule has 3 atom stereocenters. The van der Waals surface area contributed by atoms with Crippen LogP contribution in [0.5, 0.6) is 0 Å². The Morgan fingerprint density at radius 1 is 1.00 bits per heavy atom. The van der Waals surface area contributed by atoms with Crippen molar-refractivity contribution in [3.8, 4) is 22.6 Å². The van der Waals surface area contributed by atoms with Gasteiger partial charge in [0, 0.05) is 41.6 Å². The summed E-state index contributed by atoms with van der Waals surface area (Å²) in [6.07, 6.45) is 6.90. The van der Waals surface area contributed by atoms with Crippen LogP contribution in [-0.4, -0.2) is 65.5 Å². The number of likely N-dealkylation sites (tertiary alicyclic amines) is 1. The van der Waals surface area contributed by atoms with Crippen molar-refractivity contribution < 1.29 is 13.9 Å². The smallest absolute Gasteiger partial charge is 0.247 e. The van der Waals surface area contributed by atoms with Crippen LogP contribution < -0.4 is 0 Å². The van der Waals surface area contributed by atoms with E-state index < -0.39 is 6.10 Å². The number of hydrogen-bond donors (Lipinski definition) is 0. The van der Waals surface area contributed by atoms with E-state index in [1.807, 2.05) is 30.3 Å². The Hall–Kier alpha value is -3.42. The predicted octanol–water partition coefficient (Wildman–Crippen LogP) is 5.86. The molecule has 2 fully saturated rings. The lowest BCUT2D eigenvalue weighted by molar-refractivity contribution is -0.105. The summed E-state index contributed by atoms with van der Waals surface area (Å²) in [4.78, 5) is 21.0. The Morgan fingerprint density at radius 2 is 1.77 bits per heavy atom. The van der Waals surface area contributed by atoms with E-state index in [1.54, 1.807) is 6.92 Å². The zero-order valence-corrected chi connectivity index (χ0v) is 23.5. The maximum Gasteiger partial charge on any atom is 0.247 e. The van der Waals surface area contributed by atoms with Crippen LogP contribution in [0.1, 0.15) is 53.9 Å². The van der Waals surface area contributed by atoms with Crippen LogP contribution in [-0.2, 0) is 4.74 Å². The topological polar surface area (TPSA) is 80.8 Å². The molecule has 4 aliphatic rings. The third kappa shape index (κ3) is 4.27. The summed E-state index contributed by atoms with van der Waals surface area (Å²) in [5.41, 5.74) is 7.62. The Bertz CT molecular complexity index is 1510. The normalized spacial score (nSPS) is 25.7. The van der Waals surface area contributed by atoms with Gasteiger partial charge >= 0.3 is 0 Å². The van der Waals surface area contributed by atoms with Gasteiger partial charge in [0.25, 0.3) is 0 Å². The third-order valence-corrected chi connectivity index (χ3v) is 9.64. The van der Waals surface area contributed by atoms with Gasteiger partial charge in [-0.1, -0.05) is 30.3 Å². The summed E-state index contributed by atoms with van der Waals surface area (Å²) in [5, 5.41) is 8.06. The summed E-state index contributed by atoms with van der Waals surface area (Å²) in [6.45, 7) is 6.93. The molecule has 0 N–H and O–H groups in total. The number of ketones is 1. The molecule has 3 aromatic rings. The van der Waals surface area contributed by atoms with Gasteiger partial charge in [0.2, 0.25) is 11.8 Å². The minimum atomic E-state index is -0.400. The predicted molar refractivity (Wildman–Crippen MR) is 155 cm³/mol. The van der Waals surface area contributed by atoms with Gasteiger partial charge in [-0.15, -0.1) is 10.2 Å². The molecule has 7 rings (SSSR count). The summed E-state index contributed by atoms with van der Waals surface area (Å²) in [5.74, 6) is 1.63. The number of Topliss-reactive ketones (excluding diaryl/α,β-unsaturated/α-hetero) is 1. The standard InChI is InChI=1S/C33H36N4O3/c1-20-18-25(32-36-35-21(2)39-32)8-10-26(20)22-4-6-23(7-5-22)30(38)29-11-9-24-19-28-27(12-15-34-28)33(31(24)40-29)13-16-37(3)17-14-33/h4-8,10,18-19,27,29,31H,9,11-17H2,1-3H3. The van der Waals surface area contributed by atoms with E-state index in [4.69, 9.17) is 14.1 Å². The van der Waals surface area contributed by atoms with E-state index in [1.165, 1.54) is 11.3 Å². The van der Waals surface area contributed by atoms with Gasteiger partial charge in [0.1, 0.15) is 6.10 Å². The Kier molecular flexibility index (Phi) is 6.32. The average Bonchev–Trinajstić information content (AvgIpc) is 3.63. The van der Waals surface area contributed by atoms with Gasteiger partial charge in [-0.05, 0) is 99.6 Å². The van der Waals surface area contributed by atoms with Crippen molar-refractivity contribution in [3.05, 3.63) is 71.1 Å². The first-order chi connectivity index (χ1) is 19.4. The van der Waals surface area contributed by atoms with Gasteiger partial charge in [-0.2, -0.15) is 0 Å². The molecule has 1 aliphatic carbocycles. The number of benzene rings is 2. The van der Waals surface area contributed by atoms with Gasteiger partial charge in [-0.25, -0.2) is 0 Å². The first-order valence-corrected chi connectivity index (χ1v) is 14.6. The molecular weight excluding hydrogens is 500 g/mol. The summed E-state index contributed by atoms with van der Waals surface area (Å²) in [6, 6.07) is 14.1. The lowest BCUT2D eigenvalue weighted by Crippen LogP contribution is -2.57. The quantitative estimate of drug-likeness (QED) is 0.389. The summed E-state index contributed by atoms with van der Waals surface area (Å²) >= 11 is 0. The van der Waals surface area contributed by atoms with Crippen LogP contribution in [0.3, 0.4) is 0 Å². The van der Waals surface area contributed by atoms with Crippen LogP contribution in [0.4, 0.5) is 0 Å². The van der Waals surface area contributed by atoms with E-state index in [-0.39, 0.29) is 17.3 Å². The maximum absolute atomic E-state index is 13.7. The molecule has 2 saturated heterocycles. The molecule has 2 aromatic carbocycles. The summed E-state index contributed by atoms with van der Waals surface area (Å²) in [7, 11) is 2.21. The van der Waals surface area contributed by atoms with Crippen molar-refractivity contribution >= 4 is 11.5 Å². The molecule has 1 spiro atoms. The number of allylic oxidation sites excluding steroid dienone is 1. The van der Waals surface area contributed by atoms with Gasteiger partial charge in [-0.3, -0.25) is 9.79 Å². The first kappa shape index (κ1) is 25.5. The van der Waals surface area contributed by atoms with E-state index >= 15 is 0 Å². The van der Waals surface area contributed by atoms with E-state index in [2.05, 4.69) is 47.3 Å². The van der Waals surface area contributed by atoms with Crippen LogP contribution in [0.2, 0.25) is 0 Å². The molecule has 1 aromatic heterocycles. The van der Waals surface area contributed by atoms with Crippen LogP contribution in [0.25, 0.3) is 22.6 Å². The largest absolute Gasteiger partial charge is 0.421 e. The molecule has 0 bridgehead atoms. The second-order valence-electron chi connectivity index (χ2n) is 12.0. The number of carbonyl (C=O) groups is 1. The van der Waals surface area contributed by atoms with Crippen molar-refractivity contribution in [2.24, 2.45) is 16.3 Å². The van der Waals surface area contributed by atoms with E-state index in [9.17, 15) is 4.79 Å². The molecule has 0 saturated carbocycles. The van der Waals surface area contributed by atoms with Crippen LogP contribution in [0.15, 0.2) is 63.5 Å². The number of rotatable bonds is 4. The minimum absolute atomic E-state index is 0.0222. The highest BCUT2D eigenvalue weighted by Gasteiger charge is 2.55. The highest BCUT2D eigenvalue weighted by atomic mass is 16.5. The van der Waals surface area contributed by atoms with Gasteiger partial charge < -0.3 is 14.1 Å². The molecule has 0 amide bonds. The monoisotopic (exact) mass is 536 g/mol. The molecule has 4 heterocycles. The number of piperidine rings is 1. The number of ether oxygens (including phenoxy) is 1. The molecule has 206 valence electrons. The summed E-state index contributed by atoms with van der Waals surface area (Å²) < 4.78 is 12.4. The molecule has 7 nitrogen and oxygen atoms in total. The highest BCUT2D eigenvalue weighted by Crippen LogP contribution is 2.54. The minimum Gasteiger partial charge on any atom is -0.421 e. The molecular formula is C33H36N4O3. The maximum atomic E-state index is 13.7. The molecule has 0 radical (unpaired) electrons. The molecule has 40 heavy (non-hydrogen) atoms. The molecule has 3 unspecified atom stereocenters. The Balaban J connectivity index is 1.10. The SMILES string of the molecule is Cc1nnc(-c2ccc(-c3ccc(C(=O)C4CCC5=CC6=NCCC6C6(CCN(C)CC6)C5O4)cc3)c(C)c2)o1. The fourth-order valence-corrected chi connectivity index (χ4v) is 7.46. The average molecular weight is 537 g/mol. The van der Waals surface area contributed by atoms with E-state index in [0.29, 0.717) is 23.3 Å². The number of hydrogen-bond acceptors (Lipinski definition) is 7. The van der Waals surface area contributed by atoms with Crippen LogP contribution >= 0.6 is 0 Å². The van der Waals surface area contributed by atoms with Gasteiger partial charge in [0.05, 0.1) is 6.10 Å². The molecule has 7 heteroatoms. The van der Waals surface area contributed by atoms with Crippen molar-refractivity contribution in [2.45, 2.75) is 58.2 Å². The number of aryl methyl sites for hydroxylation is 2. The lowest BCUT2D eigenvalue weighted by atomic mass is 9.58. The highest BCUT2D eigenvalue weighted by molar-refractivity contribution is 6.02. The van der Waals surface area contributed by atoms with Crippen molar-refractivity contribution in [1.82, 2.24) is 15.1 Å². The van der Waals surface area contributed by atoms with Crippen LogP contribution in [0, 0.1) is 25.2 Å². The number of aliphatic imine (C=N–C) groups is 1. The lowest BCUT2D eigenvalue weighted by Gasteiger charge is -2.54. The zero-order valence-electron chi connectivity index (χ0n) is 23.5. The second-order valence-corrected chi connectivity index (χ2v) is 12.0. The third-order valence-electron chi connectivity index (χ3n) is 9.64. The zero-order chi connectivity index (χ0) is 27.4. The number of carbonyl (C=O) groups excluding carboxylic acids is 1. The Morgan fingerprint density at radius 3 is 2.50 bits per heavy atom. The second kappa shape index (κ2) is 9.89. The first-order valence-electron chi connectivity index (χ1n) is 14.6. The fraction of sp³-hybridized carbons (Fsp3) is 0.455. The van der Waals surface area contributed by atoms with Crippen molar-refractivity contribution in [3.63, 3.8) is 0 Å². The fourth-order valence-electron chi connectivity index (χ4n) is 7.46. The number of fused-ring (bicyclic) bond motifs is 4. The number of aromatic nitrogens is 2. The van der Waals surface area contributed by atoms with E-state index in [0.717, 1.165) is 74.0 Å². The van der Waals surface area contributed by atoms with Gasteiger partial charge in [0.15, 0.2) is 5.78 Å².